The number of carbonyl (C=O) groups is 2. The first-order valence-electron chi connectivity index (χ1n) is 8.17. The summed E-state index contributed by atoms with van der Waals surface area (Å²) in [5.41, 5.74) is 1.45. The van der Waals surface area contributed by atoms with E-state index in [0.717, 1.165) is 23.7 Å². The van der Waals surface area contributed by atoms with E-state index in [9.17, 15) is 9.59 Å². The van der Waals surface area contributed by atoms with Gasteiger partial charge in [0.1, 0.15) is 5.82 Å². The third kappa shape index (κ3) is 3.23. The van der Waals surface area contributed by atoms with Crippen LogP contribution in [-0.4, -0.2) is 47.8 Å². The molecule has 0 atom stereocenters. The van der Waals surface area contributed by atoms with E-state index >= 15 is 0 Å². The van der Waals surface area contributed by atoms with Crippen LogP contribution in [0.2, 0.25) is 0 Å². The number of hydrogen-bond acceptors (Lipinski definition) is 5. The molecule has 4 rings (SSSR count). The minimum absolute atomic E-state index is 0.0975. The van der Waals surface area contributed by atoms with Gasteiger partial charge in [-0.05, 0) is 23.6 Å². The first-order chi connectivity index (χ1) is 12.2. The minimum Gasteiger partial charge on any atom is -0.371 e. The summed E-state index contributed by atoms with van der Waals surface area (Å²) in [4.78, 5) is 29.3. The lowest BCUT2D eigenvalue weighted by atomic mass is 10.1. The van der Waals surface area contributed by atoms with Gasteiger partial charge in [0.15, 0.2) is 0 Å². The highest BCUT2D eigenvalue weighted by molar-refractivity contribution is 7.12. The SMILES string of the molecule is O=C1NC(=CN2CCN(C(=O)c3cccs3)CC2)Nc2ccccc21. The Hall–Kier alpha value is -2.80. The number of fused-ring (bicyclic) bond motifs is 1. The molecule has 2 aromatic rings. The monoisotopic (exact) mass is 354 g/mol. The summed E-state index contributed by atoms with van der Waals surface area (Å²) < 4.78 is 0. The molecular weight excluding hydrogens is 336 g/mol. The number of benzene rings is 1. The number of amides is 2. The van der Waals surface area contributed by atoms with Crippen LogP contribution in [-0.2, 0) is 0 Å². The molecule has 25 heavy (non-hydrogen) atoms. The zero-order valence-electron chi connectivity index (χ0n) is 13.6. The molecule has 1 saturated heterocycles. The van der Waals surface area contributed by atoms with E-state index in [2.05, 4.69) is 15.5 Å². The van der Waals surface area contributed by atoms with Crippen molar-refractivity contribution in [2.24, 2.45) is 0 Å². The van der Waals surface area contributed by atoms with Crippen LogP contribution in [0.4, 0.5) is 5.69 Å². The molecule has 2 aliphatic heterocycles. The first-order valence-corrected chi connectivity index (χ1v) is 9.05. The molecule has 0 unspecified atom stereocenters. The van der Waals surface area contributed by atoms with Gasteiger partial charge in [-0.2, -0.15) is 0 Å². The molecule has 2 amide bonds. The van der Waals surface area contributed by atoms with Gasteiger partial charge in [0.05, 0.1) is 16.1 Å². The normalized spacial score (nSPS) is 18.6. The first kappa shape index (κ1) is 15.7. The average Bonchev–Trinajstić information content (AvgIpc) is 3.16. The number of thiophene rings is 1. The summed E-state index contributed by atoms with van der Waals surface area (Å²) in [6, 6.07) is 11.2. The van der Waals surface area contributed by atoms with Crippen molar-refractivity contribution in [1.82, 2.24) is 15.1 Å². The third-order valence-electron chi connectivity index (χ3n) is 4.33. The molecule has 6 nitrogen and oxygen atoms in total. The Balaban J connectivity index is 1.40. The van der Waals surface area contributed by atoms with Gasteiger partial charge in [0.2, 0.25) is 0 Å². The molecule has 0 bridgehead atoms. The predicted octanol–water partition coefficient (Wildman–Crippen LogP) is 2.16. The van der Waals surface area contributed by atoms with E-state index in [4.69, 9.17) is 0 Å². The van der Waals surface area contributed by atoms with Gasteiger partial charge >= 0.3 is 0 Å². The van der Waals surface area contributed by atoms with Crippen molar-refractivity contribution in [3.63, 3.8) is 0 Å². The zero-order valence-corrected chi connectivity index (χ0v) is 14.4. The Morgan fingerprint density at radius 1 is 1.04 bits per heavy atom. The quantitative estimate of drug-likeness (QED) is 0.867. The average molecular weight is 354 g/mol. The van der Waals surface area contributed by atoms with Gasteiger partial charge in [-0.25, -0.2) is 0 Å². The van der Waals surface area contributed by atoms with E-state index in [1.165, 1.54) is 11.3 Å². The van der Waals surface area contributed by atoms with Crippen molar-refractivity contribution in [3.05, 3.63) is 64.2 Å². The Morgan fingerprint density at radius 3 is 2.60 bits per heavy atom. The Labute approximate surface area is 149 Å². The summed E-state index contributed by atoms with van der Waals surface area (Å²) in [6.45, 7) is 2.82. The van der Waals surface area contributed by atoms with Gasteiger partial charge in [0, 0.05) is 32.4 Å². The summed E-state index contributed by atoms with van der Waals surface area (Å²) in [5, 5.41) is 8.03. The zero-order chi connectivity index (χ0) is 17.2. The fraction of sp³-hybridized carbons (Fsp3) is 0.222. The van der Waals surface area contributed by atoms with Crippen LogP contribution in [0.5, 0.6) is 0 Å². The van der Waals surface area contributed by atoms with Crippen LogP contribution in [0, 0.1) is 0 Å². The van der Waals surface area contributed by atoms with Crippen LogP contribution in [0.3, 0.4) is 0 Å². The molecule has 2 aliphatic rings. The Morgan fingerprint density at radius 2 is 1.84 bits per heavy atom. The lowest BCUT2D eigenvalue weighted by molar-refractivity contribution is 0.0683. The molecule has 0 spiro atoms. The van der Waals surface area contributed by atoms with Crippen LogP contribution in [0.25, 0.3) is 0 Å². The summed E-state index contributed by atoms with van der Waals surface area (Å²) in [7, 11) is 0. The van der Waals surface area contributed by atoms with Crippen LogP contribution >= 0.6 is 11.3 Å². The standard InChI is InChI=1S/C18H18N4O2S/c23-17-13-4-1-2-5-14(13)19-16(20-17)12-21-7-9-22(10-8-21)18(24)15-6-3-11-25-15/h1-6,11-12,19H,7-10H2,(H,20,23). The number of nitrogens with one attached hydrogen (secondary N) is 2. The third-order valence-corrected chi connectivity index (χ3v) is 5.19. The second-order valence-electron chi connectivity index (χ2n) is 5.97. The second-order valence-corrected chi connectivity index (χ2v) is 6.92. The van der Waals surface area contributed by atoms with Gasteiger partial charge in [-0.3, -0.25) is 9.59 Å². The van der Waals surface area contributed by atoms with Crippen LogP contribution < -0.4 is 10.6 Å². The highest BCUT2D eigenvalue weighted by Crippen LogP contribution is 2.21. The molecule has 1 aromatic heterocycles. The molecule has 0 saturated carbocycles. The number of piperazine rings is 1. The van der Waals surface area contributed by atoms with Gasteiger partial charge in [0.25, 0.3) is 11.8 Å². The van der Waals surface area contributed by atoms with Crippen LogP contribution in [0.15, 0.2) is 53.8 Å². The second kappa shape index (κ2) is 6.60. The maximum atomic E-state index is 12.4. The van der Waals surface area contributed by atoms with E-state index in [1.807, 2.05) is 46.8 Å². The smallest absolute Gasteiger partial charge is 0.264 e. The van der Waals surface area contributed by atoms with Gasteiger partial charge in [-0.15, -0.1) is 11.3 Å². The van der Waals surface area contributed by atoms with Crippen molar-refractivity contribution in [2.45, 2.75) is 0 Å². The minimum atomic E-state index is -0.105. The largest absolute Gasteiger partial charge is 0.371 e. The summed E-state index contributed by atoms with van der Waals surface area (Å²) in [5.74, 6) is 0.661. The van der Waals surface area contributed by atoms with Gasteiger partial charge < -0.3 is 20.4 Å². The number of para-hydroxylation sites is 1. The van der Waals surface area contributed by atoms with Gasteiger partial charge in [-0.1, -0.05) is 18.2 Å². The summed E-state index contributed by atoms with van der Waals surface area (Å²) in [6.07, 6.45) is 1.92. The van der Waals surface area contributed by atoms with E-state index < -0.39 is 0 Å². The number of carbonyl (C=O) groups excluding carboxylic acids is 2. The van der Waals surface area contributed by atoms with Crippen molar-refractivity contribution >= 4 is 28.8 Å². The Kier molecular flexibility index (Phi) is 4.15. The number of hydrogen-bond donors (Lipinski definition) is 2. The number of anilines is 1. The van der Waals surface area contributed by atoms with E-state index in [1.54, 1.807) is 6.07 Å². The molecule has 2 N–H and O–H groups in total. The molecular formula is C18H18N4O2S. The van der Waals surface area contributed by atoms with Crippen LogP contribution in [0.1, 0.15) is 20.0 Å². The van der Waals surface area contributed by atoms with Crippen molar-refractivity contribution in [3.8, 4) is 0 Å². The van der Waals surface area contributed by atoms with Crippen molar-refractivity contribution in [2.75, 3.05) is 31.5 Å². The van der Waals surface area contributed by atoms with Crippen molar-refractivity contribution < 1.29 is 9.59 Å². The molecule has 128 valence electrons. The maximum absolute atomic E-state index is 12.4. The van der Waals surface area contributed by atoms with E-state index in [-0.39, 0.29) is 11.8 Å². The fourth-order valence-electron chi connectivity index (χ4n) is 3.01. The molecule has 1 aromatic carbocycles. The number of rotatable bonds is 2. The molecule has 0 radical (unpaired) electrons. The highest BCUT2D eigenvalue weighted by atomic mass is 32.1. The lowest BCUT2D eigenvalue weighted by Crippen LogP contribution is -2.47. The molecule has 3 heterocycles. The predicted molar refractivity (Wildman–Crippen MR) is 97.4 cm³/mol. The lowest BCUT2D eigenvalue weighted by Gasteiger charge is -2.34. The Bertz CT molecular complexity index is 823. The van der Waals surface area contributed by atoms with E-state index in [0.29, 0.717) is 24.5 Å². The topological polar surface area (TPSA) is 64.7 Å². The fourth-order valence-corrected chi connectivity index (χ4v) is 3.70. The number of nitrogens with zero attached hydrogens (tertiary/aromatic N) is 2. The molecule has 1 fully saturated rings. The maximum Gasteiger partial charge on any atom is 0.264 e. The highest BCUT2D eigenvalue weighted by Gasteiger charge is 2.23. The molecule has 0 aliphatic carbocycles. The summed E-state index contributed by atoms with van der Waals surface area (Å²) >= 11 is 1.47. The molecule has 7 heteroatoms. The van der Waals surface area contributed by atoms with Crippen molar-refractivity contribution in [1.29, 1.82) is 0 Å².